The molecular formula is C10H8Cl2N2. The molecule has 2 nitrogen and oxygen atoms in total. The van der Waals surface area contributed by atoms with Gasteiger partial charge in [-0.3, -0.25) is 0 Å². The van der Waals surface area contributed by atoms with Gasteiger partial charge in [0.2, 0.25) is 0 Å². The van der Waals surface area contributed by atoms with Gasteiger partial charge in [-0.1, -0.05) is 35.3 Å². The van der Waals surface area contributed by atoms with E-state index in [4.69, 9.17) is 34.7 Å². The average Bonchev–Trinajstić information content (AvgIpc) is 2.14. The summed E-state index contributed by atoms with van der Waals surface area (Å²) in [6, 6.07) is 7.05. The van der Waals surface area contributed by atoms with Crippen LogP contribution in [0.5, 0.6) is 0 Å². The summed E-state index contributed by atoms with van der Waals surface area (Å²) in [5, 5.41) is 2.53. The molecule has 0 saturated carbocycles. The van der Waals surface area contributed by atoms with E-state index >= 15 is 0 Å². The Labute approximate surface area is 91.4 Å². The number of nitrogens with two attached hydrogens (primary N) is 2. The van der Waals surface area contributed by atoms with Crippen molar-refractivity contribution >= 4 is 45.3 Å². The molecule has 4 heteroatoms. The van der Waals surface area contributed by atoms with E-state index in [1.165, 1.54) is 0 Å². The third-order valence-electron chi connectivity index (χ3n) is 2.14. The predicted octanol–water partition coefficient (Wildman–Crippen LogP) is 3.31. The number of anilines is 2. The van der Waals surface area contributed by atoms with E-state index in [1.54, 1.807) is 12.1 Å². The first-order chi connectivity index (χ1) is 6.61. The van der Waals surface area contributed by atoms with Gasteiger partial charge in [-0.15, -0.1) is 0 Å². The highest BCUT2D eigenvalue weighted by atomic mass is 35.5. The number of benzene rings is 2. The summed E-state index contributed by atoms with van der Waals surface area (Å²) in [6.45, 7) is 0. The Morgan fingerprint density at radius 2 is 1.71 bits per heavy atom. The van der Waals surface area contributed by atoms with Gasteiger partial charge in [-0.2, -0.15) is 0 Å². The third-order valence-corrected chi connectivity index (χ3v) is 2.75. The van der Waals surface area contributed by atoms with Crippen LogP contribution < -0.4 is 11.5 Å². The zero-order valence-corrected chi connectivity index (χ0v) is 8.73. The minimum atomic E-state index is 0.452. The van der Waals surface area contributed by atoms with Crippen LogP contribution in [0.4, 0.5) is 11.4 Å². The van der Waals surface area contributed by atoms with Gasteiger partial charge >= 0.3 is 0 Å². The Bertz CT molecular complexity index is 509. The Kier molecular flexibility index (Phi) is 2.17. The molecule has 0 atom stereocenters. The molecule has 2 rings (SSSR count). The first-order valence-corrected chi connectivity index (χ1v) is 4.78. The van der Waals surface area contributed by atoms with Crippen molar-refractivity contribution in [3.8, 4) is 0 Å². The molecule has 0 unspecified atom stereocenters. The van der Waals surface area contributed by atoms with Gasteiger partial charge in [0, 0.05) is 16.5 Å². The van der Waals surface area contributed by atoms with Crippen molar-refractivity contribution in [1.29, 1.82) is 0 Å². The molecule has 2 aromatic rings. The largest absolute Gasteiger partial charge is 0.398 e. The molecule has 14 heavy (non-hydrogen) atoms. The van der Waals surface area contributed by atoms with E-state index in [2.05, 4.69) is 0 Å². The number of rotatable bonds is 0. The van der Waals surface area contributed by atoms with Crippen molar-refractivity contribution in [2.45, 2.75) is 0 Å². The van der Waals surface area contributed by atoms with E-state index < -0.39 is 0 Å². The maximum atomic E-state index is 6.02. The summed E-state index contributed by atoms with van der Waals surface area (Å²) >= 11 is 11.9. The highest BCUT2D eigenvalue weighted by Crippen LogP contribution is 2.37. The number of fused-ring (bicyclic) bond motifs is 1. The minimum Gasteiger partial charge on any atom is -0.398 e. The molecule has 4 N–H and O–H groups in total. The first kappa shape index (κ1) is 9.44. The lowest BCUT2D eigenvalue weighted by molar-refractivity contribution is 1.71. The summed E-state index contributed by atoms with van der Waals surface area (Å²) in [7, 11) is 0. The Hall–Kier alpha value is -1.12. The first-order valence-electron chi connectivity index (χ1n) is 4.03. The van der Waals surface area contributed by atoms with Crippen LogP contribution in [-0.4, -0.2) is 0 Å². The highest BCUT2D eigenvalue weighted by Gasteiger charge is 2.08. The third kappa shape index (κ3) is 1.27. The van der Waals surface area contributed by atoms with Crippen LogP contribution in [0, 0.1) is 0 Å². The van der Waals surface area contributed by atoms with E-state index in [9.17, 15) is 0 Å². The molecule has 0 amide bonds. The molecule has 2 aromatic carbocycles. The van der Waals surface area contributed by atoms with Crippen molar-refractivity contribution in [3.05, 3.63) is 34.3 Å². The van der Waals surface area contributed by atoms with Crippen molar-refractivity contribution in [2.75, 3.05) is 11.5 Å². The number of nitrogen functional groups attached to an aromatic ring is 2. The van der Waals surface area contributed by atoms with Crippen LogP contribution in [-0.2, 0) is 0 Å². The van der Waals surface area contributed by atoms with Crippen LogP contribution in [0.3, 0.4) is 0 Å². The van der Waals surface area contributed by atoms with E-state index in [-0.39, 0.29) is 0 Å². The molecule has 0 heterocycles. The normalized spacial score (nSPS) is 10.7. The fourth-order valence-corrected chi connectivity index (χ4v) is 2.04. The summed E-state index contributed by atoms with van der Waals surface area (Å²) in [4.78, 5) is 0. The Balaban J connectivity index is 3.02. The van der Waals surface area contributed by atoms with Gasteiger partial charge in [0.1, 0.15) is 0 Å². The fourth-order valence-electron chi connectivity index (χ4n) is 1.45. The van der Waals surface area contributed by atoms with Crippen LogP contribution in [0.2, 0.25) is 10.0 Å². The van der Waals surface area contributed by atoms with Crippen LogP contribution in [0.25, 0.3) is 10.8 Å². The van der Waals surface area contributed by atoms with E-state index in [0.29, 0.717) is 21.4 Å². The molecule has 0 aliphatic heterocycles. The zero-order valence-electron chi connectivity index (χ0n) is 7.22. The minimum absolute atomic E-state index is 0.452. The van der Waals surface area contributed by atoms with Gasteiger partial charge in [-0.25, -0.2) is 0 Å². The van der Waals surface area contributed by atoms with Gasteiger partial charge in [0.15, 0.2) is 0 Å². The van der Waals surface area contributed by atoms with Crippen molar-refractivity contribution < 1.29 is 0 Å². The number of hydrogen-bond acceptors (Lipinski definition) is 2. The van der Waals surface area contributed by atoms with Gasteiger partial charge in [-0.05, 0) is 12.1 Å². The van der Waals surface area contributed by atoms with Crippen molar-refractivity contribution in [3.63, 3.8) is 0 Å². The second-order valence-corrected chi connectivity index (χ2v) is 3.84. The molecule has 0 saturated heterocycles. The molecule has 0 aliphatic carbocycles. The summed E-state index contributed by atoms with van der Waals surface area (Å²) in [5.41, 5.74) is 12.7. The zero-order chi connectivity index (χ0) is 10.3. The molecule has 72 valence electrons. The number of halogens is 2. The molecular weight excluding hydrogens is 219 g/mol. The van der Waals surface area contributed by atoms with Crippen LogP contribution >= 0.6 is 23.2 Å². The molecule has 0 aliphatic rings. The maximum absolute atomic E-state index is 6.02. The second-order valence-electron chi connectivity index (χ2n) is 3.02. The van der Waals surface area contributed by atoms with E-state index in [1.807, 2.05) is 12.1 Å². The second kappa shape index (κ2) is 3.23. The van der Waals surface area contributed by atoms with Crippen molar-refractivity contribution in [1.82, 2.24) is 0 Å². The molecule has 0 aromatic heterocycles. The van der Waals surface area contributed by atoms with Gasteiger partial charge < -0.3 is 11.5 Å². The van der Waals surface area contributed by atoms with Crippen molar-refractivity contribution in [2.24, 2.45) is 0 Å². The van der Waals surface area contributed by atoms with Crippen LogP contribution in [0.15, 0.2) is 24.3 Å². The quantitative estimate of drug-likeness (QED) is 0.678. The summed E-state index contributed by atoms with van der Waals surface area (Å²) in [5.74, 6) is 0. The Morgan fingerprint density at radius 3 is 2.43 bits per heavy atom. The topological polar surface area (TPSA) is 52.0 Å². The van der Waals surface area contributed by atoms with E-state index in [0.717, 1.165) is 10.8 Å². The SMILES string of the molecule is Nc1c(Cl)cc(Cl)c2c(N)cccc12. The van der Waals surface area contributed by atoms with Gasteiger partial charge in [0.25, 0.3) is 0 Å². The summed E-state index contributed by atoms with van der Waals surface area (Å²) < 4.78 is 0. The molecule has 0 spiro atoms. The predicted molar refractivity (Wildman–Crippen MR) is 62.8 cm³/mol. The van der Waals surface area contributed by atoms with Crippen LogP contribution in [0.1, 0.15) is 0 Å². The summed E-state index contributed by atoms with van der Waals surface area (Å²) in [6.07, 6.45) is 0. The molecule has 0 bridgehead atoms. The Morgan fingerprint density at radius 1 is 1.00 bits per heavy atom. The lowest BCUT2D eigenvalue weighted by Gasteiger charge is -2.08. The molecule has 0 radical (unpaired) electrons. The maximum Gasteiger partial charge on any atom is 0.0656 e. The lowest BCUT2D eigenvalue weighted by atomic mass is 10.1. The standard InChI is InChI=1S/C10H8Cl2N2/c11-6-4-7(12)10(14)5-2-1-3-8(13)9(5)6/h1-4H,13-14H2. The smallest absolute Gasteiger partial charge is 0.0656 e. The number of hydrogen-bond donors (Lipinski definition) is 2. The highest BCUT2D eigenvalue weighted by molar-refractivity contribution is 6.41. The fraction of sp³-hybridized carbons (Fsp3) is 0. The van der Waals surface area contributed by atoms with Gasteiger partial charge in [0.05, 0.1) is 15.7 Å². The molecule has 0 fully saturated rings. The average molecular weight is 227 g/mol. The lowest BCUT2D eigenvalue weighted by Crippen LogP contribution is -1.93. The monoisotopic (exact) mass is 226 g/mol.